The Morgan fingerprint density at radius 3 is 2.48 bits per heavy atom. The molecular weight excluding hydrogens is 260 g/mol. The van der Waals surface area contributed by atoms with Gasteiger partial charge in [-0.05, 0) is 80.5 Å². The SMILES string of the molecule is C[C@]12CCCCC1CC[C@H]1[C@@H]3CCC[C@@]3(C(O)O)CC[C@@H]12. The molecule has 0 amide bonds. The van der Waals surface area contributed by atoms with E-state index >= 15 is 0 Å². The van der Waals surface area contributed by atoms with Crippen LogP contribution >= 0.6 is 0 Å². The molecule has 0 saturated heterocycles. The van der Waals surface area contributed by atoms with E-state index in [-0.39, 0.29) is 5.41 Å². The lowest BCUT2D eigenvalue weighted by atomic mass is 9.45. The molecule has 4 aliphatic carbocycles. The van der Waals surface area contributed by atoms with Gasteiger partial charge in [-0.2, -0.15) is 0 Å². The first-order chi connectivity index (χ1) is 10.1. The molecule has 1 unspecified atom stereocenters. The van der Waals surface area contributed by atoms with E-state index in [1.54, 1.807) is 0 Å². The van der Waals surface area contributed by atoms with Gasteiger partial charge in [0.2, 0.25) is 0 Å². The molecular formula is C19H32O2. The fourth-order valence-electron chi connectivity index (χ4n) is 7.45. The Labute approximate surface area is 129 Å². The van der Waals surface area contributed by atoms with Crippen LogP contribution in [-0.2, 0) is 0 Å². The molecule has 0 spiro atoms. The number of hydrogen-bond acceptors (Lipinski definition) is 2. The van der Waals surface area contributed by atoms with E-state index in [0.717, 1.165) is 30.6 Å². The van der Waals surface area contributed by atoms with Crippen LogP contribution in [0.1, 0.15) is 77.6 Å². The molecule has 0 aromatic heterocycles. The first-order valence-corrected chi connectivity index (χ1v) is 9.44. The average molecular weight is 292 g/mol. The maximum atomic E-state index is 10.1. The van der Waals surface area contributed by atoms with Crippen LogP contribution in [-0.4, -0.2) is 16.5 Å². The molecule has 6 atom stereocenters. The molecule has 0 radical (unpaired) electrons. The first-order valence-electron chi connectivity index (χ1n) is 9.44. The molecule has 0 bridgehead atoms. The van der Waals surface area contributed by atoms with Crippen molar-refractivity contribution in [3.63, 3.8) is 0 Å². The molecule has 4 saturated carbocycles. The summed E-state index contributed by atoms with van der Waals surface area (Å²) >= 11 is 0. The van der Waals surface area contributed by atoms with Crippen molar-refractivity contribution >= 4 is 0 Å². The highest BCUT2D eigenvalue weighted by atomic mass is 16.5. The molecule has 21 heavy (non-hydrogen) atoms. The second kappa shape index (κ2) is 4.96. The lowest BCUT2D eigenvalue weighted by Gasteiger charge is -2.60. The van der Waals surface area contributed by atoms with Crippen molar-refractivity contribution in [1.29, 1.82) is 0 Å². The van der Waals surface area contributed by atoms with Crippen LogP contribution in [0.2, 0.25) is 0 Å². The number of hydrogen-bond donors (Lipinski definition) is 2. The van der Waals surface area contributed by atoms with Crippen molar-refractivity contribution in [1.82, 2.24) is 0 Å². The van der Waals surface area contributed by atoms with E-state index in [0.29, 0.717) is 11.3 Å². The van der Waals surface area contributed by atoms with Gasteiger partial charge in [-0.1, -0.05) is 26.2 Å². The summed E-state index contributed by atoms with van der Waals surface area (Å²) in [6.07, 6.45) is 13.3. The topological polar surface area (TPSA) is 40.5 Å². The number of aliphatic hydroxyl groups is 2. The fourth-order valence-corrected chi connectivity index (χ4v) is 7.45. The van der Waals surface area contributed by atoms with Gasteiger partial charge in [0, 0.05) is 5.41 Å². The van der Waals surface area contributed by atoms with Crippen LogP contribution in [0.4, 0.5) is 0 Å². The predicted molar refractivity (Wildman–Crippen MR) is 83.5 cm³/mol. The van der Waals surface area contributed by atoms with Gasteiger partial charge in [-0.15, -0.1) is 0 Å². The number of aliphatic hydroxyl groups excluding tert-OH is 1. The molecule has 4 fully saturated rings. The Bertz CT molecular complexity index is 406. The molecule has 0 aliphatic heterocycles. The third kappa shape index (κ3) is 1.91. The summed E-state index contributed by atoms with van der Waals surface area (Å²) < 4.78 is 0. The highest BCUT2D eigenvalue weighted by Gasteiger charge is 2.60. The highest BCUT2D eigenvalue weighted by molar-refractivity contribution is 5.08. The van der Waals surface area contributed by atoms with Gasteiger partial charge in [0.15, 0.2) is 6.29 Å². The van der Waals surface area contributed by atoms with Gasteiger partial charge >= 0.3 is 0 Å². The van der Waals surface area contributed by atoms with Crippen LogP contribution in [0.25, 0.3) is 0 Å². The second-order valence-corrected chi connectivity index (χ2v) is 8.94. The monoisotopic (exact) mass is 292 g/mol. The van der Waals surface area contributed by atoms with Crippen molar-refractivity contribution in [2.75, 3.05) is 0 Å². The van der Waals surface area contributed by atoms with Crippen molar-refractivity contribution in [2.24, 2.45) is 34.5 Å². The lowest BCUT2D eigenvalue weighted by molar-refractivity contribution is -0.200. The summed E-state index contributed by atoms with van der Waals surface area (Å²) in [4.78, 5) is 0. The highest BCUT2D eigenvalue weighted by Crippen LogP contribution is 2.66. The molecule has 0 heterocycles. The summed E-state index contributed by atoms with van der Waals surface area (Å²) in [5.74, 6) is 3.20. The van der Waals surface area contributed by atoms with Gasteiger partial charge in [-0.25, -0.2) is 0 Å². The molecule has 0 aromatic rings. The third-order valence-electron chi connectivity index (χ3n) is 8.51. The largest absolute Gasteiger partial charge is 0.368 e. The van der Waals surface area contributed by atoms with Gasteiger partial charge in [0.1, 0.15) is 0 Å². The maximum Gasteiger partial charge on any atom is 0.157 e. The number of fused-ring (bicyclic) bond motifs is 5. The van der Waals surface area contributed by atoms with E-state index in [4.69, 9.17) is 0 Å². The van der Waals surface area contributed by atoms with E-state index in [1.165, 1.54) is 57.8 Å². The van der Waals surface area contributed by atoms with Crippen LogP contribution in [0.3, 0.4) is 0 Å². The molecule has 0 aromatic carbocycles. The Morgan fingerprint density at radius 1 is 0.810 bits per heavy atom. The minimum Gasteiger partial charge on any atom is -0.368 e. The molecule has 2 nitrogen and oxygen atoms in total. The van der Waals surface area contributed by atoms with Crippen LogP contribution in [0, 0.1) is 34.5 Å². The minimum atomic E-state index is -1.08. The van der Waals surface area contributed by atoms with Crippen LogP contribution < -0.4 is 0 Å². The average Bonchev–Trinajstić information content (AvgIpc) is 2.92. The zero-order valence-corrected chi connectivity index (χ0v) is 13.6. The van der Waals surface area contributed by atoms with Gasteiger partial charge in [0.05, 0.1) is 0 Å². The van der Waals surface area contributed by atoms with Crippen LogP contribution in [0.5, 0.6) is 0 Å². The summed E-state index contributed by atoms with van der Waals surface area (Å²) in [6, 6.07) is 0. The smallest absolute Gasteiger partial charge is 0.157 e. The summed E-state index contributed by atoms with van der Waals surface area (Å²) in [5.41, 5.74) is 0.426. The lowest BCUT2D eigenvalue weighted by Crippen LogP contribution is -2.54. The summed E-state index contributed by atoms with van der Waals surface area (Å²) in [5, 5.41) is 20.2. The molecule has 4 aliphatic rings. The molecule has 2 heteroatoms. The third-order valence-corrected chi connectivity index (χ3v) is 8.51. The van der Waals surface area contributed by atoms with Crippen molar-refractivity contribution < 1.29 is 10.2 Å². The van der Waals surface area contributed by atoms with Crippen molar-refractivity contribution in [2.45, 2.75) is 83.8 Å². The summed E-state index contributed by atoms with van der Waals surface area (Å²) in [6.45, 7) is 2.59. The van der Waals surface area contributed by atoms with Gasteiger partial charge in [-0.3, -0.25) is 0 Å². The quantitative estimate of drug-likeness (QED) is 0.714. The van der Waals surface area contributed by atoms with Gasteiger partial charge < -0.3 is 10.2 Å². The Morgan fingerprint density at radius 2 is 1.67 bits per heavy atom. The Kier molecular flexibility index (Phi) is 3.43. The standard InChI is InChI=1S/C19H32O2/c1-18-10-3-2-5-13(18)7-8-14-15(18)9-12-19(17(20)21)11-4-6-16(14)19/h13-17,20-21H,2-12H2,1H3/t13?,14-,15+,16+,18+,19-/m1/s1. The van der Waals surface area contributed by atoms with E-state index in [2.05, 4.69) is 6.92 Å². The van der Waals surface area contributed by atoms with E-state index in [9.17, 15) is 10.2 Å². The van der Waals surface area contributed by atoms with Crippen molar-refractivity contribution in [3.05, 3.63) is 0 Å². The second-order valence-electron chi connectivity index (χ2n) is 8.94. The number of rotatable bonds is 1. The Balaban J connectivity index is 1.65. The van der Waals surface area contributed by atoms with Crippen LogP contribution in [0.15, 0.2) is 0 Å². The molecule has 4 rings (SSSR count). The Hall–Kier alpha value is -0.0800. The zero-order chi connectivity index (χ0) is 14.7. The predicted octanol–water partition coefficient (Wildman–Crippen LogP) is 4.10. The summed E-state index contributed by atoms with van der Waals surface area (Å²) in [7, 11) is 0. The first kappa shape index (κ1) is 14.5. The fraction of sp³-hybridized carbons (Fsp3) is 1.00. The zero-order valence-electron chi connectivity index (χ0n) is 13.6. The van der Waals surface area contributed by atoms with E-state index in [1.807, 2.05) is 0 Å². The molecule has 2 N–H and O–H groups in total. The minimum absolute atomic E-state index is 0.140. The molecule has 120 valence electrons. The van der Waals surface area contributed by atoms with Gasteiger partial charge in [0.25, 0.3) is 0 Å². The van der Waals surface area contributed by atoms with E-state index < -0.39 is 6.29 Å². The maximum absolute atomic E-state index is 10.1. The van der Waals surface area contributed by atoms with Crippen molar-refractivity contribution in [3.8, 4) is 0 Å². The normalized spacial score (nSPS) is 53.1.